The average Bonchev–Trinajstić information content (AvgIpc) is 2.60. The van der Waals surface area contributed by atoms with Crippen molar-refractivity contribution in [1.82, 2.24) is 14.9 Å². The van der Waals surface area contributed by atoms with Gasteiger partial charge in [-0.3, -0.25) is 4.79 Å². The fraction of sp³-hybridized carbons (Fsp3) is 0.389. The number of rotatable bonds is 5. The second kappa shape index (κ2) is 8.66. The smallest absolute Gasteiger partial charge is 0.230 e. The highest BCUT2D eigenvalue weighted by molar-refractivity contribution is 6.32. The summed E-state index contributed by atoms with van der Waals surface area (Å²) in [6.45, 7) is 1.93. The van der Waals surface area contributed by atoms with Crippen molar-refractivity contribution < 1.29 is 9.53 Å². The van der Waals surface area contributed by atoms with Crippen LogP contribution in [0.1, 0.15) is 18.4 Å². The summed E-state index contributed by atoms with van der Waals surface area (Å²) in [6.07, 6.45) is 5.39. The molecule has 1 aliphatic heterocycles. The minimum Gasteiger partial charge on any atom is -0.487 e. The number of nitrogens with one attached hydrogen (secondary N) is 1. The van der Waals surface area contributed by atoms with Gasteiger partial charge in [0.1, 0.15) is 27.8 Å². The molecule has 138 valence electrons. The third-order valence-electron chi connectivity index (χ3n) is 4.12. The highest BCUT2D eigenvalue weighted by Gasteiger charge is 2.20. The van der Waals surface area contributed by atoms with Crippen LogP contribution in [0.3, 0.4) is 0 Å². The van der Waals surface area contributed by atoms with Crippen LogP contribution >= 0.6 is 23.2 Å². The molecule has 0 aromatic carbocycles. The van der Waals surface area contributed by atoms with Gasteiger partial charge in [-0.2, -0.15) is 0 Å². The lowest BCUT2D eigenvalue weighted by Crippen LogP contribution is -2.38. The Hall–Kier alpha value is -1.89. The Balaban J connectivity index is 1.62. The molecule has 2 aromatic rings. The normalized spacial score (nSPS) is 17.7. The molecule has 3 rings (SSSR count). The number of pyridine rings is 2. The maximum absolute atomic E-state index is 12.2. The van der Waals surface area contributed by atoms with Gasteiger partial charge in [-0.1, -0.05) is 29.3 Å². The van der Waals surface area contributed by atoms with Gasteiger partial charge < -0.3 is 15.0 Å². The number of anilines is 1. The number of aromatic nitrogens is 2. The lowest BCUT2D eigenvalue weighted by Gasteiger charge is -2.30. The highest BCUT2D eigenvalue weighted by Crippen LogP contribution is 2.28. The van der Waals surface area contributed by atoms with E-state index in [1.807, 2.05) is 0 Å². The molecule has 0 radical (unpaired) electrons. The summed E-state index contributed by atoms with van der Waals surface area (Å²) >= 11 is 11.9. The summed E-state index contributed by atoms with van der Waals surface area (Å²) < 4.78 is 6.02. The monoisotopic (exact) mass is 394 g/mol. The van der Waals surface area contributed by atoms with Crippen molar-refractivity contribution in [3.63, 3.8) is 0 Å². The minimum atomic E-state index is -0.202. The van der Waals surface area contributed by atoms with Crippen molar-refractivity contribution in [2.24, 2.45) is 0 Å². The van der Waals surface area contributed by atoms with Crippen LogP contribution in [0.25, 0.3) is 0 Å². The summed E-state index contributed by atoms with van der Waals surface area (Å²) in [6, 6.07) is 5.07. The Bertz CT molecular complexity index is 770. The van der Waals surface area contributed by atoms with Gasteiger partial charge in [0, 0.05) is 18.8 Å². The maximum atomic E-state index is 12.2. The molecule has 0 unspecified atom stereocenters. The number of likely N-dealkylation sites (tertiary alicyclic amines) is 1. The van der Waals surface area contributed by atoms with Crippen LogP contribution in [0.5, 0.6) is 5.75 Å². The van der Waals surface area contributed by atoms with Gasteiger partial charge in [0.2, 0.25) is 5.91 Å². The number of amides is 1. The lowest BCUT2D eigenvalue weighted by atomic mass is 10.1. The van der Waals surface area contributed by atoms with Crippen molar-refractivity contribution in [2.45, 2.75) is 25.4 Å². The first kappa shape index (κ1) is 18.9. The summed E-state index contributed by atoms with van der Waals surface area (Å²) in [4.78, 5) is 22.5. The molecular formula is C18H20Cl2N4O2. The molecule has 1 atom stereocenters. The minimum absolute atomic E-state index is 0.0809. The first-order valence-corrected chi connectivity index (χ1v) is 9.16. The molecule has 0 spiro atoms. The van der Waals surface area contributed by atoms with E-state index in [9.17, 15) is 4.79 Å². The number of halogens is 2. The fourth-order valence-electron chi connectivity index (χ4n) is 2.86. The van der Waals surface area contributed by atoms with Crippen molar-refractivity contribution in [2.75, 3.05) is 25.5 Å². The van der Waals surface area contributed by atoms with E-state index in [0.717, 1.165) is 31.5 Å². The van der Waals surface area contributed by atoms with Crippen molar-refractivity contribution in [1.29, 1.82) is 0 Å². The predicted molar refractivity (Wildman–Crippen MR) is 102 cm³/mol. The number of likely N-dealkylation sites (N-methyl/N-ethyl adjacent to an activating group) is 1. The van der Waals surface area contributed by atoms with Crippen LogP contribution in [0.2, 0.25) is 10.2 Å². The molecule has 2 aromatic heterocycles. The van der Waals surface area contributed by atoms with Crippen molar-refractivity contribution in [3.8, 4) is 5.75 Å². The average molecular weight is 395 g/mol. The van der Waals surface area contributed by atoms with E-state index in [1.54, 1.807) is 24.4 Å². The van der Waals surface area contributed by atoms with Gasteiger partial charge in [0.05, 0.1) is 12.6 Å². The topological polar surface area (TPSA) is 67.3 Å². The van der Waals surface area contributed by atoms with E-state index < -0.39 is 0 Å². The lowest BCUT2D eigenvalue weighted by molar-refractivity contribution is -0.115. The molecule has 6 nitrogen and oxygen atoms in total. The Morgan fingerprint density at radius 2 is 2.19 bits per heavy atom. The molecule has 0 aliphatic carbocycles. The van der Waals surface area contributed by atoms with E-state index in [-0.39, 0.29) is 18.4 Å². The Labute approximate surface area is 162 Å². The number of ether oxygens (including phenoxy) is 1. The second-order valence-corrected chi connectivity index (χ2v) is 7.15. The van der Waals surface area contributed by atoms with Crippen LogP contribution < -0.4 is 10.1 Å². The quantitative estimate of drug-likeness (QED) is 0.786. The zero-order valence-corrected chi connectivity index (χ0v) is 15.9. The predicted octanol–water partition coefficient (Wildman–Crippen LogP) is 3.44. The first-order valence-electron chi connectivity index (χ1n) is 8.40. The highest BCUT2D eigenvalue weighted by atomic mass is 35.5. The molecule has 26 heavy (non-hydrogen) atoms. The number of piperidine rings is 1. The van der Waals surface area contributed by atoms with Gasteiger partial charge in [-0.15, -0.1) is 0 Å². The Morgan fingerprint density at radius 3 is 2.92 bits per heavy atom. The van der Waals surface area contributed by atoms with E-state index in [4.69, 9.17) is 27.9 Å². The Morgan fingerprint density at radius 1 is 1.35 bits per heavy atom. The molecule has 1 fully saturated rings. The number of nitrogens with zero attached hydrogens (tertiary/aromatic N) is 3. The zero-order chi connectivity index (χ0) is 18.5. The second-order valence-electron chi connectivity index (χ2n) is 6.36. The van der Waals surface area contributed by atoms with Crippen molar-refractivity contribution >= 4 is 34.9 Å². The molecule has 8 heteroatoms. The molecule has 1 N–H and O–H groups in total. The molecule has 1 amide bonds. The Kier molecular flexibility index (Phi) is 6.29. The SMILES string of the molecule is CN1CCC[C@H](Oc2cc(NC(=O)Cc3ccc(Cl)nc3)ncc2Cl)C1. The number of carbonyl (C=O) groups is 1. The summed E-state index contributed by atoms with van der Waals surface area (Å²) in [5, 5.41) is 3.58. The summed E-state index contributed by atoms with van der Waals surface area (Å²) in [5.74, 6) is 0.734. The number of carbonyl (C=O) groups excluding carboxylic acids is 1. The van der Waals surface area contributed by atoms with Crippen LogP contribution in [0.15, 0.2) is 30.6 Å². The molecule has 0 bridgehead atoms. The van der Waals surface area contributed by atoms with Gasteiger partial charge >= 0.3 is 0 Å². The van der Waals surface area contributed by atoms with Gasteiger partial charge in [0.25, 0.3) is 0 Å². The van der Waals surface area contributed by atoms with Crippen molar-refractivity contribution in [3.05, 3.63) is 46.3 Å². The van der Waals surface area contributed by atoms with Crippen LogP contribution in [0, 0.1) is 0 Å². The van der Waals surface area contributed by atoms with Crippen LogP contribution in [-0.4, -0.2) is 47.0 Å². The third kappa shape index (κ3) is 5.30. The molecule has 0 saturated carbocycles. The maximum Gasteiger partial charge on any atom is 0.230 e. The van der Waals surface area contributed by atoms with Crippen LogP contribution in [-0.2, 0) is 11.2 Å². The fourth-order valence-corrected chi connectivity index (χ4v) is 3.12. The zero-order valence-electron chi connectivity index (χ0n) is 14.4. The summed E-state index contributed by atoms with van der Waals surface area (Å²) in [5.41, 5.74) is 0.766. The van der Waals surface area contributed by atoms with Gasteiger partial charge in [-0.25, -0.2) is 9.97 Å². The van der Waals surface area contributed by atoms with E-state index >= 15 is 0 Å². The van der Waals surface area contributed by atoms with E-state index in [1.165, 1.54) is 6.20 Å². The number of hydrogen-bond acceptors (Lipinski definition) is 5. The third-order valence-corrected chi connectivity index (χ3v) is 4.62. The first-order chi connectivity index (χ1) is 12.5. The molecular weight excluding hydrogens is 375 g/mol. The standard InChI is InChI=1S/C18H20Cl2N4O2/c1-24-6-2-3-13(11-24)26-15-8-17(22-10-14(15)19)23-18(25)7-12-4-5-16(20)21-9-12/h4-5,8-10,13H,2-3,6-7,11H2,1H3,(H,22,23,25)/t13-/m0/s1. The number of hydrogen-bond donors (Lipinski definition) is 1. The molecule has 1 saturated heterocycles. The van der Waals surface area contributed by atoms with Gasteiger partial charge in [-0.05, 0) is 38.1 Å². The van der Waals surface area contributed by atoms with E-state index in [0.29, 0.717) is 21.7 Å². The van der Waals surface area contributed by atoms with Crippen LogP contribution in [0.4, 0.5) is 5.82 Å². The van der Waals surface area contributed by atoms with E-state index in [2.05, 4.69) is 27.2 Å². The molecule has 1 aliphatic rings. The molecule has 3 heterocycles. The van der Waals surface area contributed by atoms with Gasteiger partial charge in [0.15, 0.2) is 0 Å². The largest absolute Gasteiger partial charge is 0.487 e. The summed E-state index contributed by atoms with van der Waals surface area (Å²) in [7, 11) is 2.07.